The third kappa shape index (κ3) is 9.94. The van der Waals surface area contributed by atoms with Crippen molar-refractivity contribution in [1.82, 2.24) is 10.6 Å². The number of aliphatic imine (C=N–C) groups is 1. The van der Waals surface area contributed by atoms with Gasteiger partial charge in [-0.2, -0.15) is 0 Å². The van der Waals surface area contributed by atoms with Gasteiger partial charge < -0.3 is 38.0 Å². The molecule has 0 aliphatic heterocycles. The first-order valence-corrected chi connectivity index (χ1v) is 6.96. The number of carboxylic acid groups (broad SMARTS) is 2. The molecule has 12 heteroatoms. The van der Waals surface area contributed by atoms with E-state index in [1.54, 1.807) is 0 Å². The van der Waals surface area contributed by atoms with Crippen molar-refractivity contribution in [2.45, 2.75) is 31.3 Å². The summed E-state index contributed by atoms with van der Waals surface area (Å²) in [4.78, 5) is 48.2. The maximum absolute atomic E-state index is 11.7. The number of nitrogens with zero attached hydrogens (tertiary/aromatic N) is 1. The van der Waals surface area contributed by atoms with E-state index in [-0.39, 0.29) is 12.4 Å². The molecule has 0 aromatic rings. The normalized spacial score (nSPS) is 12.5. The fraction of sp³-hybridized carbons (Fsp3) is 0.583. The van der Waals surface area contributed by atoms with Gasteiger partial charge in [-0.3, -0.25) is 19.4 Å². The van der Waals surface area contributed by atoms with Crippen LogP contribution in [-0.2, 0) is 19.2 Å². The van der Waals surface area contributed by atoms with E-state index in [0.717, 1.165) is 0 Å². The van der Waals surface area contributed by atoms with Crippen LogP contribution in [0.5, 0.6) is 0 Å². The summed E-state index contributed by atoms with van der Waals surface area (Å²) in [5.74, 6) is -4.40. The summed E-state index contributed by atoms with van der Waals surface area (Å²) in [7, 11) is 0. The predicted octanol–water partition coefficient (Wildman–Crippen LogP) is -3.47. The van der Waals surface area contributed by atoms with E-state index in [4.69, 9.17) is 27.4 Å². The molecule has 0 rings (SSSR count). The zero-order chi connectivity index (χ0) is 18.7. The van der Waals surface area contributed by atoms with Crippen molar-refractivity contribution in [1.29, 1.82) is 0 Å². The van der Waals surface area contributed by atoms with Crippen molar-refractivity contribution in [3.63, 3.8) is 0 Å². The Morgan fingerprint density at radius 1 is 1.12 bits per heavy atom. The number of hydrogen-bond donors (Lipinski definition) is 7. The maximum atomic E-state index is 11.7. The Morgan fingerprint density at radius 2 is 1.75 bits per heavy atom. The summed E-state index contributed by atoms with van der Waals surface area (Å²) < 4.78 is 0. The van der Waals surface area contributed by atoms with E-state index >= 15 is 0 Å². The van der Waals surface area contributed by atoms with Crippen LogP contribution in [0.1, 0.15) is 19.3 Å². The summed E-state index contributed by atoms with van der Waals surface area (Å²) >= 11 is 0. The average molecular weight is 346 g/mol. The Kier molecular flexibility index (Phi) is 9.48. The highest BCUT2D eigenvalue weighted by Crippen LogP contribution is 1.96. The Hall–Kier alpha value is -2.89. The van der Waals surface area contributed by atoms with E-state index in [1.165, 1.54) is 0 Å². The molecule has 0 saturated carbocycles. The number of nitrogens with two attached hydrogens (primary N) is 3. The second-order valence-electron chi connectivity index (χ2n) is 4.83. The SMILES string of the molecule is NC(N)=NCCC[C@@H](N)C(=O)NCC(=O)N[C@H](CC(=O)O)C(=O)O. The van der Waals surface area contributed by atoms with E-state index in [2.05, 4.69) is 10.3 Å². The fourth-order valence-electron chi connectivity index (χ4n) is 1.57. The summed E-state index contributed by atoms with van der Waals surface area (Å²) in [5.41, 5.74) is 15.9. The van der Waals surface area contributed by atoms with Gasteiger partial charge in [-0.25, -0.2) is 4.79 Å². The zero-order valence-corrected chi connectivity index (χ0v) is 12.9. The average Bonchev–Trinajstić information content (AvgIpc) is 2.47. The molecule has 24 heavy (non-hydrogen) atoms. The van der Waals surface area contributed by atoms with Crippen molar-refractivity contribution in [3.8, 4) is 0 Å². The van der Waals surface area contributed by atoms with Crippen molar-refractivity contribution in [2.24, 2.45) is 22.2 Å². The summed E-state index contributed by atoms with van der Waals surface area (Å²) in [6, 6.07) is -2.47. The Balaban J connectivity index is 4.19. The number of aliphatic carboxylic acids is 2. The second-order valence-corrected chi connectivity index (χ2v) is 4.83. The van der Waals surface area contributed by atoms with Gasteiger partial charge in [0, 0.05) is 6.54 Å². The highest BCUT2D eigenvalue weighted by Gasteiger charge is 2.23. The molecule has 0 saturated heterocycles. The third-order valence-electron chi connectivity index (χ3n) is 2.74. The van der Waals surface area contributed by atoms with Crippen LogP contribution in [0.4, 0.5) is 0 Å². The van der Waals surface area contributed by atoms with Gasteiger partial charge in [0.25, 0.3) is 0 Å². The zero-order valence-electron chi connectivity index (χ0n) is 12.9. The molecule has 0 aromatic heterocycles. The highest BCUT2D eigenvalue weighted by molar-refractivity contribution is 5.90. The van der Waals surface area contributed by atoms with Gasteiger partial charge in [-0.15, -0.1) is 0 Å². The molecule has 0 fully saturated rings. The lowest BCUT2D eigenvalue weighted by Crippen LogP contribution is -2.49. The lowest BCUT2D eigenvalue weighted by atomic mass is 10.1. The predicted molar refractivity (Wildman–Crippen MR) is 82.7 cm³/mol. The van der Waals surface area contributed by atoms with Gasteiger partial charge in [0.1, 0.15) is 6.04 Å². The lowest BCUT2D eigenvalue weighted by molar-refractivity contribution is -0.147. The van der Waals surface area contributed by atoms with Crippen LogP contribution in [-0.4, -0.2) is 65.1 Å². The quantitative estimate of drug-likeness (QED) is 0.112. The largest absolute Gasteiger partial charge is 0.481 e. The number of carboxylic acids is 2. The van der Waals surface area contributed by atoms with Crippen LogP contribution in [0.2, 0.25) is 0 Å². The Bertz CT molecular complexity index is 504. The molecule has 12 nitrogen and oxygen atoms in total. The molecule has 0 unspecified atom stereocenters. The number of amides is 2. The maximum Gasteiger partial charge on any atom is 0.326 e. The number of carbonyl (C=O) groups excluding carboxylic acids is 2. The van der Waals surface area contributed by atoms with Crippen LogP contribution in [0.15, 0.2) is 4.99 Å². The minimum Gasteiger partial charge on any atom is -0.481 e. The third-order valence-corrected chi connectivity index (χ3v) is 2.74. The smallest absolute Gasteiger partial charge is 0.326 e. The number of hydrogen-bond acceptors (Lipinski definition) is 6. The van der Waals surface area contributed by atoms with Gasteiger partial charge in [0.15, 0.2) is 5.96 Å². The van der Waals surface area contributed by atoms with Crippen LogP contribution < -0.4 is 27.8 Å². The van der Waals surface area contributed by atoms with Crippen molar-refractivity contribution in [3.05, 3.63) is 0 Å². The molecule has 0 bridgehead atoms. The molecular formula is C12H22N6O6. The number of nitrogens with one attached hydrogen (secondary N) is 2. The van der Waals surface area contributed by atoms with Crippen LogP contribution in [0.3, 0.4) is 0 Å². The van der Waals surface area contributed by atoms with Crippen LogP contribution in [0, 0.1) is 0 Å². The fourth-order valence-corrected chi connectivity index (χ4v) is 1.57. The van der Waals surface area contributed by atoms with Crippen LogP contribution in [0.25, 0.3) is 0 Å². The number of rotatable bonds is 11. The van der Waals surface area contributed by atoms with Crippen LogP contribution >= 0.6 is 0 Å². The van der Waals surface area contributed by atoms with Crippen molar-refractivity contribution in [2.75, 3.05) is 13.1 Å². The lowest BCUT2D eigenvalue weighted by Gasteiger charge is -2.14. The molecule has 0 aliphatic carbocycles. The monoisotopic (exact) mass is 346 g/mol. The first kappa shape index (κ1) is 21.1. The molecule has 0 aliphatic rings. The van der Waals surface area contributed by atoms with Gasteiger partial charge in [-0.1, -0.05) is 0 Å². The molecule has 2 amide bonds. The molecule has 2 atom stereocenters. The van der Waals surface area contributed by atoms with E-state index in [1.807, 2.05) is 5.32 Å². The summed E-state index contributed by atoms with van der Waals surface area (Å²) in [5, 5.41) is 21.5. The molecule has 0 spiro atoms. The standard InChI is InChI=1S/C12H22N6O6/c13-6(2-1-3-16-12(14)15)10(22)17-5-8(19)18-7(11(23)24)4-9(20)21/h6-7H,1-5,13H2,(H,17,22)(H,18,19)(H,20,21)(H,23,24)(H4,14,15,16)/t6-,7-/m1/s1. The minimum atomic E-state index is -1.58. The number of guanidine groups is 1. The van der Waals surface area contributed by atoms with E-state index in [0.29, 0.717) is 13.0 Å². The Morgan fingerprint density at radius 3 is 2.25 bits per heavy atom. The topological polar surface area (TPSA) is 223 Å². The van der Waals surface area contributed by atoms with Crippen molar-refractivity contribution >= 4 is 29.7 Å². The Labute approximate surface area is 137 Å². The summed E-state index contributed by atoms with van der Waals surface area (Å²) in [6.45, 7) is -0.219. The summed E-state index contributed by atoms with van der Waals surface area (Å²) in [6.07, 6.45) is -0.0430. The number of carbonyl (C=O) groups is 4. The van der Waals surface area contributed by atoms with Gasteiger partial charge >= 0.3 is 11.9 Å². The van der Waals surface area contributed by atoms with E-state index in [9.17, 15) is 19.2 Å². The highest BCUT2D eigenvalue weighted by atomic mass is 16.4. The molecule has 0 aromatic carbocycles. The molecule has 136 valence electrons. The molecule has 10 N–H and O–H groups in total. The molecule has 0 radical (unpaired) electrons. The molecule has 0 heterocycles. The van der Waals surface area contributed by atoms with Gasteiger partial charge in [-0.05, 0) is 12.8 Å². The molecular weight excluding hydrogens is 324 g/mol. The second kappa shape index (κ2) is 10.8. The minimum absolute atomic E-state index is 0.0703. The first-order chi connectivity index (χ1) is 11.1. The van der Waals surface area contributed by atoms with Gasteiger partial charge in [0.2, 0.25) is 11.8 Å². The van der Waals surface area contributed by atoms with E-state index < -0.39 is 48.8 Å². The van der Waals surface area contributed by atoms with Crippen molar-refractivity contribution < 1.29 is 29.4 Å². The van der Waals surface area contributed by atoms with Gasteiger partial charge in [0.05, 0.1) is 19.0 Å². The first-order valence-electron chi connectivity index (χ1n) is 6.96.